The fraction of sp³-hybridized carbons (Fsp3) is 0.348. The largest absolute Gasteiger partial charge is 0.333 e. The third kappa shape index (κ3) is 3.02. The number of rotatable bonds is 4. The number of hydrogen-bond donors (Lipinski definition) is 0. The number of nitrogens with zero attached hydrogens (tertiary/aromatic N) is 1. The van der Waals surface area contributed by atoms with Crippen LogP contribution in [0.25, 0.3) is 22.2 Å². The van der Waals surface area contributed by atoms with Gasteiger partial charge in [-0.2, -0.15) is 0 Å². The maximum Gasteiger partial charge on any atom is 0.149 e. The van der Waals surface area contributed by atoms with E-state index in [1.165, 1.54) is 59.8 Å². The predicted octanol–water partition coefficient (Wildman–Crippen LogP) is 5.95. The molecular formula is C23H25NO. The van der Waals surface area contributed by atoms with Crippen molar-refractivity contribution in [3.05, 3.63) is 60.2 Å². The van der Waals surface area contributed by atoms with Gasteiger partial charge in [-0.15, -0.1) is 0 Å². The average molecular weight is 331 g/mol. The molecule has 0 radical (unpaired) electrons. The quantitative estimate of drug-likeness (QED) is 0.579. The maximum absolute atomic E-state index is 12.0. The number of Topliss-reactive ketones (excluding diaryl/α,β-unsaturated/α-hetero) is 1. The van der Waals surface area contributed by atoms with Gasteiger partial charge in [0, 0.05) is 10.9 Å². The third-order valence-corrected chi connectivity index (χ3v) is 5.45. The highest BCUT2D eigenvalue weighted by Gasteiger charge is 2.26. The molecule has 1 aliphatic rings. The van der Waals surface area contributed by atoms with Gasteiger partial charge >= 0.3 is 0 Å². The molecule has 1 heterocycles. The Balaban J connectivity index is 2.01. The topological polar surface area (TPSA) is 22.0 Å². The van der Waals surface area contributed by atoms with Crippen LogP contribution in [0, 0.1) is 0 Å². The Hall–Kier alpha value is -2.35. The lowest BCUT2D eigenvalue weighted by Crippen LogP contribution is -2.10. The Morgan fingerprint density at radius 1 is 0.960 bits per heavy atom. The van der Waals surface area contributed by atoms with Crippen molar-refractivity contribution < 1.29 is 4.79 Å². The highest BCUT2D eigenvalue weighted by molar-refractivity contribution is 5.94. The van der Waals surface area contributed by atoms with Gasteiger partial charge in [0.25, 0.3) is 0 Å². The summed E-state index contributed by atoms with van der Waals surface area (Å²) in [6.07, 6.45) is 6.49. The van der Waals surface area contributed by atoms with Crippen LogP contribution in [0.3, 0.4) is 0 Å². The average Bonchev–Trinajstić information content (AvgIpc) is 2.97. The molecule has 2 heteroatoms. The molecule has 0 bridgehead atoms. The summed E-state index contributed by atoms with van der Waals surface area (Å²) < 4.78 is 2.25. The summed E-state index contributed by atoms with van der Waals surface area (Å²) in [6.45, 7) is 2.13. The fourth-order valence-electron chi connectivity index (χ4n) is 4.43. The minimum atomic E-state index is 0.202. The number of hydrogen-bond acceptors (Lipinski definition) is 1. The Labute approximate surface area is 149 Å². The molecule has 0 amide bonds. The highest BCUT2D eigenvalue weighted by atomic mass is 16.1. The summed E-state index contributed by atoms with van der Waals surface area (Å²) in [4.78, 5) is 12.0. The number of ketones is 1. The predicted molar refractivity (Wildman–Crippen MR) is 104 cm³/mol. The normalized spacial score (nSPS) is 15.6. The molecule has 0 atom stereocenters. The van der Waals surface area contributed by atoms with E-state index in [1.807, 2.05) is 0 Å². The van der Waals surface area contributed by atoms with Crippen molar-refractivity contribution in [2.75, 3.05) is 0 Å². The molecule has 1 aromatic heterocycles. The van der Waals surface area contributed by atoms with Gasteiger partial charge < -0.3 is 4.57 Å². The van der Waals surface area contributed by atoms with Crippen LogP contribution in [-0.2, 0) is 11.3 Å². The number of fused-ring (bicyclic) bond motifs is 1. The monoisotopic (exact) mass is 331 g/mol. The molecule has 0 spiro atoms. The molecule has 25 heavy (non-hydrogen) atoms. The van der Waals surface area contributed by atoms with E-state index in [4.69, 9.17) is 0 Å². The molecule has 0 aliphatic heterocycles. The summed E-state index contributed by atoms with van der Waals surface area (Å²) >= 11 is 0. The summed E-state index contributed by atoms with van der Waals surface area (Å²) in [6, 6.07) is 19.2. The lowest BCUT2D eigenvalue weighted by Gasteiger charge is -2.23. The van der Waals surface area contributed by atoms with Crippen LogP contribution < -0.4 is 0 Å². The Bertz CT molecular complexity index is 885. The second-order valence-corrected chi connectivity index (χ2v) is 7.27. The van der Waals surface area contributed by atoms with Crippen LogP contribution in [0.15, 0.2) is 54.6 Å². The first-order chi connectivity index (χ1) is 12.3. The first-order valence-electron chi connectivity index (χ1n) is 9.41. The van der Waals surface area contributed by atoms with Gasteiger partial charge in [-0.25, -0.2) is 0 Å². The molecule has 2 nitrogen and oxygen atoms in total. The molecule has 1 saturated carbocycles. The highest BCUT2D eigenvalue weighted by Crippen LogP contribution is 2.43. The first-order valence-corrected chi connectivity index (χ1v) is 9.41. The molecule has 0 unspecified atom stereocenters. The minimum Gasteiger partial charge on any atom is -0.333 e. The number of carbonyl (C=O) groups is 1. The Morgan fingerprint density at radius 3 is 2.36 bits per heavy atom. The van der Waals surface area contributed by atoms with E-state index in [2.05, 4.69) is 59.2 Å². The summed E-state index contributed by atoms with van der Waals surface area (Å²) in [5.41, 5.74) is 5.13. The molecule has 1 fully saturated rings. The summed E-state index contributed by atoms with van der Waals surface area (Å²) in [5.74, 6) is 0.801. The van der Waals surface area contributed by atoms with Crippen LogP contribution in [0.1, 0.15) is 50.5 Å². The number of para-hydroxylation sites is 1. The first kappa shape index (κ1) is 16.1. The summed E-state index contributed by atoms with van der Waals surface area (Å²) in [5, 5.41) is 1.33. The fourth-order valence-corrected chi connectivity index (χ4v) is 4.43. The Kier molecular flexibility index (Phi) is 4.44. The minimum absolute atomic E-state index is 0.202. The van der Waals surface area contributed by atoms with E-state index >= 15 is 0 Å². The third-order valence-electron chi connectivity index (χ3n) is 5.45. The Morgan fingerprint density at radius 2 is 1.64 bits per heavy atom. The molecule has 0 saturated heterocycles. The van der Waals surface area contributed by atoms with Gasteiger partial charge in [0.15, 0.2) is 0 Å². The second kappa shape index (κ2) is 6.87. The standard InChI is InChI=1S/C23H25NO/c1-17(25)16-24-21-15-9-8-14-20(21)22(18-10-4-2-5-11-18)23(24)19-12-6-3-7-13-19/h3,6-9,12-15,18H,2,4-5,10-11,16H2,1H3. The lowest BCUT2D eigenvalue weighted by atomic mass is 9.82. The molecular weight excluding hydrogens is 306 g/mol. The molecule has 0 N–H and O–H groups in total. The van der Waals surface area contributed by atoms with Crippen molar-refractivity contribution in [3.63, 3.8) is 0 Å². The molecule has 3 aromatic rings. The van der Waals surface area contributed by atoms with Crippen molar-refractivity contribution >= 4 is 16.7 Å². The van der Waals surface area contributed by atoms with E-state index in [-0.39, 0.29) is 5.78 Å². The van der Waals surface area contributed by atoms with E-state index in [1.54, 1.807) is 6.92 Å². The maximum atomic E-state index is 12.0. The van der Waals surface area contributed by atoms with E-state index in [9.17, 15) is 4.79 Å². The van der Waals surface area contributed by atoms with Gasteiger partial charge in [-0.05, 0) is 42.9 Å². The number of aromatic nitrogens is 1. The van der Waals surface area contributed by atoms with E-state index < -0.39 is 0 Å². The number of benzene rings is 2. The van der Waals surface area contributed by atoms with Crippen molar-refractivity contribution in [1.29, 1.82) is 0 Å². The van der Waals surface area contributed by atoms with Crippen molar-refractivity contribution in [2.24, 2.45) is 0 Å². The zero-order valence-corrected chi connectivity index (χ0v) is 14.9. The van der Waals surface area contributed by atoms with Crippen molar-refractivity contribution in [2.45, 2.75) is 51.5 Å². The van der Waals surface area contributed by atoms with Gasteiger partial charge in [0.1, 0.15) is 5.78 Å². The van der Waals surface area contributed by atoms with Crippen LogP contribution in [-0.4, -0.2) is 10.4 Å². The smallest absolute Gasteiger partial charge is 0.149 e. The van der Waals surface area contributed by atoms with Gasteiger partial charge in [0.05, 0.1) is 12.2 Å². The molecule has 1 aliphatic carbocycles. The zero-order valence-electron chi connectivity index (χ0n) is 14.9. The lowest BCUT2D eigenvalue weighted by molar-refractivity contribution is -0.117. The van der Waals surface area contributed by atoms with Gasteiger partial charge in [-0.3, -0.25) is 4.79 Å². The van der Waals surface area contributed by atoms with Gasteiger partial charge in [0.2, 0.25) is 0 Å². The zero-order chi connectivity index (χ0) is 17.2. The van der Waals surface area contributed by atoms with Crippen molar-refractivity contribution in [3.8, 4) is 11.3 Å². The second-order valence-electron chi connectivity index (χ2n) is 7.27. The van der Waals surface area contributed by atoms with E-state index in [0.717, 1.165) is 0 Å². The van der Waals surface area contributed by atoms with Gasteiger partial charge in [-0.1, -0.05) is 67.8 Å². The van der Waals surface area contributed by atoms with Crippen LogP contribution in [0.5, 0.6) is 0 Å². The molecule has 128 valence electrons. The molecule has 2 aromatic carbocycles. The molecule has 4 rings (SSSR count). The number of carbonyl (C=O) groups excluding carboxylic acids is 1. The van der Waals surface area contributed by atoms with E-state index in [0.29, 0.717) is 12.5 Å². The SMILES string of the molecule is CC(=O)Cn1c(-c2ccccc2)c(C2CCCCC2)c2ccccc21. The summed E-state index contributed by atoms with van der Waals surface area (Å²) in [7, 11) is 0. The van der Waals surface area contributed by atoms with Crippen LogP contribution in [0.2, 0.25) is 0 Å². The van der Waals surface area contributed by atoms with Crippen molar-refractivity contribution in [1.82, 2.24) is 4.57 Å². The van der Waals surface area contributed by atoms with Crippen LogP contribution >= 0.6 is 0 Å². The van der Waals surface area contributed by atoms with Crippen LogP contribution in [0.4, 0.5) is 0 Å².